The minimum absolute atomic E-state index is 0.0640. The molecule has 2 aromatic rings. The van der Waals surface area contributed by atoms with Crippen LogP contribution < -0.4 is 14.8 Å². The second kappa shape index (κ2) is 9.88. The van der Waals surface area contributed by atoms with Gasteiger partial charge in [0.15, 0.2) is 17.3 Å². The van der Waals surface area contributed by atoms with E-state index >= 15 is 0 Å². The number of hydrogen-bond donors (Lipinski definition) is 1. The zero-order chi connectivity index (χ0) is 23.7. The monoisotopic (exact) mass is 497 g/mol. The van der Waals surface area contributed by atoms with Gasteiger partial charge in [0.05, 0.1) is 5.57 Å². The number of rotatable bonds is 7. The van der Waals surface area contributed by atoms with Gasteiger partial charge in [-0.2, -0.15) is 11.8 Å². The van der Waals surface area contributed by atoms with Gasteiger partial charge in [0.2, 0.25) is 6.79 Å². The zero-order valence-corrected chi connectivity index (χ0v) is 20.9. The van der Waals surface area contributed by atoms with Crippen LogP contribution in [0.2, 0.25) is 0 Å². The summed E-state index contributed by atoms with van der Waals surface area (Å²) in [7, 11) is 0. The maximum atomic E-state index is 13.6. The molecule has 3 heterocycles. The number of allylic oxidation sites excluding steroid dienone is 3. The van der Waals surface area contributed by atoms with Crippen LogP contribution in [0.25, 0.3) is 0 Å². The van der Waals surface area contributed by atoms with E-state index in [0.717, 1.165) is 34.9 Å². The Kier molecular flexibility index (Phi) is 6.70. The van der Waals surface area contributed by atoms with Crippen molar-refractivity contribution < 1.29 is 23.8 Å². The summed E-state index contributed by atoms with van der Waals surface area (Å²) in [6.45, 7) is 4.47. The van der Waals surface area contributed by atoms with Crippen LogP contribution in [0.1, 0.15) is 49.0 Å². The molecule has 0 amide bonds. The van der Waals surface area contributed by atoms with Crippen LogP contribution in [0, 0.1) is 0 Å². The summed E-state index contributed by atoms with van der Waals surface area (Å²) >= 11 is 3.40. The van der Waals surface area contributed by atoms with Gasteiger partial charge in [0.1, 0.15) is 6.61 Å². The van der Waals surface area contributed by atoms with Crippen molar-refractivity contribution in [3.63, 3.8) is 0 Å². The lowest BCUT2D eigenvalue weighted by molar-refractivity contribution is -0.138. The highest BCUT2D eigenvalue weighted by molar-refractivity contribution is 7.99. The number of carbonyl (C=O) groups excluding carboxylic acids is 2. The lowest BCUT2D eigenvalue weighted by atomic mass is 9.72. The molecule has 0 bridgehead atoms. The van der Waals surface area contributed by atoms with E-state index in [4.69, 9.17) is 14.2 Å². The van der Waals surface area contributed by atoms with Crippen LogP contribution in [0.15, 0.2) is 58.3 Å². The van der Waals surface area contributed by atoms with E-state index in [9.17, 15) is 9.59 Å². The summed E-state index contributed by atoms with van der Waals surface area (Å²) in [5.41, 5.74) is 3.60. The zero-order valence-electron chi connectivity index (χ0n) is 19.2. The molecule has 0 unspecified atom stereocenters. The highest BCUT2D eigenvalue weighted by atomic mass is 32.2. The fourth-order valence-corrected chi connectivity index (χ4v) is 6.20. The van der Waals surface area contributed by atoms with Gasteiger partial charge in [-0.05, 0) is 48.2 Å². The number of nitrogens with one attached hydrogen (secondary N) is 1. The minimum Gasteiger partial charge on any atom is -0.461 e. The molecule has 1 aromatic carbocycles. The third-order valence-electron chi connectivity index (χ3n) is 6.39. The van der Waals surface area contributed by atoms with Gasteiger partial charge in [0, 0.05) is 45.9 Å². The van der Waals surface area contributed by atoms with Gasteiger partial charge in [-0.25, -0.2) is 4.79 Å². The number of hydrogen-bond acceptors (Lipinski definition) is 8. The minimum atomic E-state index is -0.506. The molecule has 0 saturated carbocycles. The molecule has 178 valence electrons. The van der Waals surface area contributed by atoms with Gasteiger partial charge >= 0.3 is 5.97 Å². The number of thioether (sulfide) groups is 1. The van der Waals surface area contributed by atoms with Gasteiger partial charge in [-0.3, -0.25) is 4.79 Å². The first-order chi connectivity index (χ1) is 16.6. The molecular formula is C26H27NO5S2. The summed E-state index contributed by atoms with van der Waals surface area (Å²) in [6.07, 6.45) is 1.16. The van der Waals surface area contributed by atoms with Gasteiger partial charge in [-0.15, -0.1) is 11.3 Å². The number of thiophene rings is 1. The fraction of sp³-hybridized carbons (Fsp3) is 0.385. The van der Waals surface area contributed by atoms with Gasteiger partial charge < -0.3 is 19.5 Å². The van der Waals surface area contributed by atoms with Crippen molar-refractivity contribution in [2.45, 2.75) is 38.5 Å². The number of ketones is 1. The molecule has 1 aliphatic carbocycles. The first kappa shape index (κ1) is 23.1. The third kappa shape index (κ3) is 4.36. The number of ether oxygens (including phenoxy) is 3. The van der Waals surface area contributed by atoms with Crippen LogP contribution in [0.3, 0.4) is 0 Å². The Bertz CT molecular complexity index is 1170. The van der Waals surface area contributed by atoms with Crippen LogP contribution in [0.5, 0.6) is 11.5 Å². The van der Waals surface area contributed by atoms with Crippen molar-refractivity contribution in [1.82, 2.24) is 5.32 Å². The Hall–Kier alpha value is -2.71. The van der Waals surface area contributed by atoms with E-state index in [1.807, 2.05) is 36.6 Å². The van der Waals surface area contributed by atoms with E-state index in [1.54, 1.807) is 23.1 Å². The molecule has 2 atom stereocenters. The van der Waals surface area contributed by atoms with Crippen molar-refractivity contribution in [3.8, 4) is 11.5 Å². The van der Waals surface area contributed by atoms with E-state index in [-0.39, 0.29) is 24.5 Å². The summed E-state index contributed by atoms with van der Waals surface area (Å²) in [4.78, 5) is 28.1. The molecule has 34 heavy (non-hydrogen) atoms. The molecular weight excluding hydrogens is 470 g/mol. The molecule has 2 aliphatic heterocycles. The SMILES string of the molecule is CCSCCOC(=O)C1=C(C)NC2=C(C(=O)C[C@H](c3cccs3)C2)[C@@H]1c1ccc2c(c1)OCO2. The topological polar surface area (TPSA) is 73.9 Å². The van der Waals surface area contributed by atoms with Crippen molar-refractivity contribution in [2.75, 3.05) is 24.9 Å². The standard InChI is InChI=1S/C26H27NO5S2/c1-3-33-10-8-30-26(29)23-15(2)27-18-11-17(22-5-4-9-34-22)12-19(28)25(18)24(23)16-6-7-20-21(13-16)32-14-31-20/h4-7,9,13,17,24,27H,3,8,10-12,14H2,1-2H3/t17-,24-/m1/s1. The molecule has 3 aliphatic rings. The van der Waals surface area contributed by atoms with E-state index in [0.29, 0.717) is 35.7 Å². The molecule has 0 spiro atoms. The maximum absolute atomic E-state index is 13.6. The molecule has 1 N–H and O–H groups in total. The second-order valence-corrected chi connectivity index (χ2v) is 10.9. The number of dihydropyridines is 1. The average molecular weight is 498 g/mol. The predicted octanol–water partition coefficient (Wildman–Crippen LogP) is 5.13. The number of carbonyl (C=O) groups is 2. The molecule has 1 aromatic heterocycles. The quantitative estimate of drug-likeness (QED) is 0.420. The lowest BCUT2D eigenvalue weighted by Crippen LogP contribution is -2.36. The summed E-state index contributed by atoms with van der Waals surface area (Å²) < 4.78 is 16.7. The Morgan fingerprint density at radius 1 is 1.24 bits per heavy atom. The number of fused-ring (bicyclic) bond motifs is 1. The largest absolute Gasteiger partial charge is 0.461 e. The number of esters is 1. The second-order valence-electron chi connectivity index (χ2n) is 8.48. The highest BCUT2D eigenvalue weighted by Crippen LogP contribution is 2.47. The maximum Gasteiger partial charge on any atom is 0.336 e. The van der Waals surface area contributed by atoms with Crippen molar-refractivity contribution in [1.29, 1.82) is 0 Å². The van der Waals surface area contributed by atoms with Gasteiger partial charge in [0.25, 0.3) is 0 Å². The van der Waals surface area contributed by atoms with Crippen LogP contribution in [0.4, 0.5) is 0 Å². The smallest absolute Gasteiger partial charge is 0.336 e. The number of benzene rings is 1. The van der Waals surface area contributed by atoms with Crippen LogP contribution >= 0.6 is 23.1 Å². The molecule has 0 saturated heterocycles. The predicted molar refractivity (Wildman–Crippen MR) is 133 cm³/mol. The Morgan fingerprint density at radius 2 is 2.09 bits per heavy atom. The van der Waals surface area contributed by atoms with Crippen LogP contribution in [-0.2, 0) is 14.3 Å². The first-order valence-electron chi connectivity index (χ1n) is 11.5. The Morgan fingerprint density at radius 3 is 2.88 bits per heavy atom. The number of Topliss-reactive ketones (excluding diaryl/α,β-unsaturated/α-hetero) is 1. The fourth-order valence-electron chi connectivity index (χ4n) is 4.88. The van der Waals surface area contributed by atoms with E-state index in [2.05, 4.69) is 18.3 Å². The lowest BCUT2D eigenvalue weighted by Gasteiger charge is -2.36. The summed E-state index contributed by atoms with van der Waals surface area (Å²) in [6, 6.07) is 9.76. The molecule has 0 radical (unpaired) electrons. The molecule has 0 fully saturated rings. The Balaban J connectivity index is 1.53. The normalized spacial score (nSPS) is 21.4. The molecule has 6 nitrogen and oxygen atoms in total. The van der Waals surface area contributed by atoms with Crippen molar-refractivity contribution in [3.05, 3.63) is 68.7 Å². The highest BCUT2D eigenvalue weighted by Gasteiger charge is 2.42. The van der Waals surface area contributed by atoms with E-state index < -0.39 is 5.92 Å². The Labute approximate surface area is 207 Å². The van der Waals surface area contributed by atoms with Crippen molar-refractivity contribution >= 4 is 34.9 Å². The average Bonchev–Trinajstić information content (AvgIpc) is 3.52. The molecule has 8 heteroatoms. The first-order valence-corrected chi connectivity index (χ1v) is 13.5. The summed E-state index contributed by atoms with van der Waals surface area (Å²) in [5.74, 6) is 2.32. The van der Waals surface area contributed by atoms with Crippen molar-refractivity contribution in [2.24, 2.45) is 0 Å². The van der Waals surface area contributed by atoms with Gasteiger partial charge in [-0.1, -0.05) is 19.1 Å². The summed E-state index contributed by atoms with van der Waals surface area (Å²) in [5, 5.41) is 5.45. The van der Waals surface area contributed by atoms with E-state index in [1.165, 1.54) is 4.88 Å². The third-order valence-corrected chi connectivity index (χ3v) is 8.29. The molecule has 5 rings (SSSR count). The van der Waals surface area contributed by atoms with Crippen LogP contribution in [-0.4, -0.2) is 36.7 Å².